The Balaban J connectivity index is 1.67. The van der Waals surface area contributed by atoms with Crippen LogP contribution in [-0.2, 0) is 11.3 Å². The van der Waals surface area contributed by atoms with E-state index in [1.165, 1.54) is 0 Å². The highest BCUT2D eigenvalue weighted by molar-refractivity contribution is 9.10. The number of piperazine rings is 1. The van der Waals surface area contributed by atoms with Gasteiger partial charge in [0.15, 0.2) is 0 Å². The normalized spacial score (nSPS) is 14.7. The Hall–Kier alpha value is -2.32. The van der Waals surface area contributed by atoms with Gasteiger partial charge < -0.3 is 19.1 Å². The third-order valence-corrected chi connectivity index (χ3v) is 6.63. The van der Waals surface area contributed by atoms with Gasteiger partial charge in [0.2, 0.25) is 5.95 Å². The highest BCUT2D eigenvalue weighted by Gasteiger charge is 2.28. The molecule has 3 aromatic rings. The predicted molar refractivity (Wildman–Crippen MR) is 137 cm³/mol. The van der Waals surface area contributed by atoms with Crippen molar-refractivity contribution >= 4 is 50.6 Å². The second kappa shape index (κ2) is 9.38. The van der Waals surface area contributed by atoms with Crippen LogP contribution in [0.5, 0.6) is 0 Å². The number of nitrogens with zero attached hydrogens (tertiary/aromatic N) is 4. The molecule has 9 heteroatoms. The average Bonchev–Trinajstić information content (AvgIpc) is 3.09. The van der Waals surface area contributed by atoms with E-state index in [0.29, 0.717) is 48.9 Å². The van der Waals surface area contributed by atoms with Crippen molar-refractivity contribution in [1.29, 1.82) is 0 Å². The second-order valence-corrected chi connectivity index (χ2v) is 11.0. The Morgan fingerprint density at radius 2 is 1.74 bits per heavy atom. The first kappa shape index (κ1) is 24.8. The molecule has 1 aliphatic heterocycles. The summed E-state index contributed by atoms with van der Waals surface area (Å²) in [4.78, 5) is 21.3. The minimum absolute atomic E-state index is 0.177. The van der Waals surface area contributed by atoms with Crippen molar-refractivity contribution in [3.8, 4) is 0 Å². The van der Waals surface area contributed by atoms with Crippen LogP contribution in [0.4, 0.5) is 15.1 Å². The number of carbonyl (C=O) groups is 1. The first-order chi connectivity index (χ1) is 15.9. The number of fused-ring (bicyclic) bond motifs is 1. The molecule has 2 aromatic carbocycles. The van der Waals surface area contributed by atoms with Gasteiger partial charge in [-0.2, -0.15) is 0 Å². The van der Waals surface area contributed by atoms with Crippen LogP contribution in [0.1, 0.15) is 37.5 Å². The lowest BCUT2D eigenvalue weighted by molar-refractivity contribution is 0.0240. The number of aryl methyl sites for hydroxylation is 2. The van der Waals surface area contributed by atoms with E-state index in [0.717, 1.165) is 27.0 Å². The van der Waals surface area contributed by atoms with E-state index in [1.807, 2.05) is 45.0 Å². The third kappa shape index (κ3) is 5.18. The SMILES string of the molecule is Cc1cc(Cn2c(N3CCN(C(=O)OC(C)(C)C)CC3)nc3c(Br)cc(Cl)cc32)cc(C)c1F. The molecule has 182 valence electrons. The Bertz CT molecular complexity index is 1220. The molecule has 0 N–H and O–H groups in total. The first-order valence-corrected chi connectivity index (χ1v) is 12.4. The molecule has 1 fully saturated rings. The zero-order valence-electron chi connectivity index (χ0n) is 20.1. The first-order valence-electron chi connectivity index (χ1n) is 11.3. The highest BCUT2D eigenvalue weighted by Crippen LogP contribution is 2.33. The van der Waals surface area contributed by atoms with Crippen LogP contribution in [0.15, 0.2) is 28.7 Å². The van der Waals surface area contributed by atoms with E-state index in [4.69, 9.17) is 21.3 Å². The Labute approximate surface area is 212 Å². The summed E-state index contributed by atoms with van der Waals surface area (Å²) >= 11 is 9.98. The van der Waals surface area contributed by atoms with E-state index < -0.39 is 5.60 Å². The van der Waals surface area contributed by atoms with Gasteiger partial charge in [-0.1, -0.05) is 23.7 Å². The van der Waals surface area contributed by atoms with Gasteiger partial charge in [-0.25, -0.2) is 14.2 Å². The minimum Gasteiger partial charge on any atom is -0.444 e. The summed E-state index contributed by atoms with van der Waals surface area (Å²) < 4.78 is 22.7. The van der Waals surface area contributed by atoms with Crippen LogP contribution >= 0.6 is 27.5 Å². The summed E-state index contributed by atoms with van der Waals surface area (Å²) in [6.07, 6.45) is -0.299. The van der Waals surface area contributed by atoms with Crippen molar-refractivity contribution in [3.05, 3.63) is 56.3 Å². The summed E-state index contributed by atoms with van der Waals surface area (Å²) in [5.41, 5.74) is 3.39. The fourth-order valence-corrected chi connectivity index (χ4v) is 5.14. The maximum atomic E-state index is 14.2. The van der Waals surface area contributed by atoms with Gasteiger partial charge in [-0.15, -0.1) is 0 Å². The van der Waals surface area contributed by atoms with Crippen LogP contribution < -0.4 is 4.90 Å². The van der Waals surface area contributed by atoms with Gasteiger partial charge in [-0.05, 0) is 79.4 Å². The smallest absolute Gasteiger partial charge is 0.410 e. The standard InChI is InChI=1S/C25H29BrClFN4O2/c1-15-10-17(11-16(2)21(15)28)14-32-20-13-18(27)12-19(26)22(20)29-23(32)30-6-8-31(9-7-30)24(33)34-25(3,4)5/h10-13H,6-9,14H2,1-5H3. The molecular weight excluding hydrogens is 523 g/mol. The molecule has 1 aliphatic rings. The highest BCUT2D eigenvalue weighted by atomic mass is 79.9. The topological polar surface area (TPSA) is 50.6 Å². The molecule has 0 atom stereocenters. The largest absolute Gasteiger partial charge is 0.444 e. The maximum absolute atomic E-state index is 14.2. The van der Waals surface area contributed by atoms with Gasteiger partial charge >= 0.3 is 6.09 Å². The number of anilines is 1. The summed E-state index contributed by atoms with van der Waals surface area (Å²) in [7, 11) is 0. The number of carbonyl (C=O) groups excluding carboxylic acids is 1. The number of hydrogen-bond donors (Lipinski definition) is 0. The van der Waals surface area contributed by atoms with E-state index in [2.05, 4.69) is 25.4 Å². The summed E-state index contributed by atoms with van der Waals surface area (Å²) in [5, 5.41) is 0.605. The number of amides is 1. The average molecular weight is 552 g/mol. The van der Waals surface area contributed by atoms with Crippen LogP contribution in [0.2, 0.25) is 5.02 Å². The minimum atomic E-state index is -0.529. The van der Waals surface area contributed by atoms with Crippen LogP contribution in [0.25, 0.3) is 11.0 Å². The lowest BCUT2D eigenvalue weighted by Gasteiger charge is -2.36. The molecule has 0 aliphatic carbocycles. The molecule has 0 radical (unpaired) electrons. The molecule has 4 rings (SSSR count). The summed E-state index contributed by atoms with van der Waals surface area (Å²) in [5.74, 6) is 0.616. The molecule has 0 spiro atoms. The number of halogens is 3. The van der Waals surface area contributed by atoms with Gasteiger partial charge in [0.1, 0.15) is 16.9 Å². The molecule has 1 aromatic heterocycles. The van der Waals surface area contributed by atoms with E-state index >= 15 is 0 Å². The van der Waals surface area contributed by atoms with Gasteiger partial charge in [-0.3, -0.25) is 0 Å². The van der Waals surface area contributed by atoms with Crippen molar-refractivity contribution in [2.24, 2.45) is 0 Å². The van der Waals surface area contributed by atoms with Crippen molar-refractivity contribution in [3.63, 3.8) is 0 Å². The van der Waals surface area contributed by atoms with Gasteiger partial charge in [0.05, 0.1) is 12.1 Å². The van der Waals surface area contributed by atoms with Crippen LogP contribution in [-0.4, -0.2) is 52.3 Å². The van der Waals surface area contributed by atoms with E-state index in [1.54, 1.807) is 18.7 Å². The molecular formula is C25H29BrClFN4O2. The van der Waals surface area contributed by atoms with Crippen LogP contribution in [0, 0.1) is 19.7 Å². The molecule has 6 nitrogen and oxygen atoms in total. The Morgan fingerprint density at radius 1 is 1.12 bits per heavy atom. The number of benzene rings is 2. The Kier molecular flexibility index (Phi) is 6.84. The number of imidazole rings is 1. The number of aromatic nitrogens is 2. The van der Waals surface area contributed by atoms with Crippen molar-refractivity contribution in [2.75, 3.05) is 31.1 Å². The predicted octanol–water partition coefficient (Wildman–Crippen LogP) is 6.31. The fourth-order valence-electron chi connectivity index (χ4n) is 4.26. The van der Waals surface area contributed by atoms with E-state index in [-0.39, 0.29) is 11.9 Å². The maximum Gasteiger partial charge on any atom is 0.410 e. The van der Waals surface area contributed by atoms with E-state index in [9.17, 15) is 9.18 Å². The fraction of sp³-hybridized carbons (Fsp3) is 0.440. The zero-order valence-corrected chi connectivity index (χ0v) is 22.4. The molecule has 34 heavy (non-hydrogen) atoms. The number of hydrogen-bond acceptors (Lipinski definition) is 4. The molecule has 0 saturated carbocycles. The van der Waals surface area contributed by atoms with Gasteiger partial charge in [0, 0.05) is 35.7 Å². The third-order valence-electron chi connectivity index (χ3n) is 5.80. The molecule has 0 bridgehead atoms. The van der Waals surface area contributed by atoms with Crippen molar-refractivity contribution in [1.82, 2.24) is 14.5 Å². The number of ether oxygens (including phenoxy) is 1. The quantitative estimate of drug-likeness (QED) is 0.383. The van der Waals surface area contributed by atoms with Crippen molar-refractivity contribution in [2.45, 2.75) is 46.8 Å². The number of rotatable bonds is 3. The van der Waals surface area contributed by atoms with Gasteiger partial charge in [0.25, 0.3) is 0 Å². The van der Waals surface area contributed by atoms with Crippen molar-refractivity contribution < 1.29 is 13.9 Å². The summed E-state index contributed by atoms with van der Waals surface area (Å²) in [6, 6.07) is 7.48. The molecule has 0 unspecified atom stereocenters. The lowest BCUT2D eigenvalue weighted by atomic mass is 10.1. The molecule has 1 saturated heterocycles. The second-order valence-electron chi connectivity index (χ2n) is 9.75. The lowest BCUT2D eigenvalue weighted by Crippen LogP contribution is -2.50. The Morgan fingerprint density at radius 3 is 2.32 bits per heavy atom. The molecule has 2 heterocycles. The molecule has 1 amide bonds. The summed E-state index contributed by atoms with van der Waals surface area (Å²) in [6.45, 7) is 12.0. The monoisotopic (exact) mass is 550 g/mol. The zero-order chi connectivity index (χ0) is 24.8. The van der Waals surface area contributed by atoms with Crippen LogP contribution in [0.3, 0.4) is 0 Å².